The van der Waals surface area contributed by atoms with Crippen LogP contribution in [0.25, 0.3) is 0 Å². The summed E-state index contributed by atoms with van der Waals surface area (Å²) >= 11 is 0. The third kappa shape index (κ3) is 8.28. The molecule has 1 amide bonds. The second-order valence-electron chi connectivity index (χ2n) is 11.3. The summed E-state index contributed by atoms with van der Waals surface area (Å²) in [7, 11) is -2.48. The number of nitrogens with zero attached hydrogens (tertiary/aromatic N) is 1. The zero-order valence-electron chi connectivity index (χ0n) is 25.0. The standard InChI is InChI=1S/C33H42N2O7S/c1-23(2)21-35(43(39,40)26-17-15-25(41-3)16-18-26)22-31(37)29-20-24-10-6-7-14-32(24)42-19-8-4-5-11-27-28(33(38)34-29)12-9-13-30(27)36/h6-7,9-10,12-18,23,29,31,36-37H,4-5,8,11,19-22H2,1-3H3,(H,34,38)/t29-,31+/m0/s1. The van der Waals surface area contributed by atoms with Crippen LogP contribution in [0.5, 0.6) is 17.2 Å². The van der Waals surface area contributed by atoms with Gasteiger partial charge in [0.05, 0.1) is 30.8 Å². The Kier molecular flexibility index (Phi) is 11.1. The van der Waals surface area contributed by atoms with Gasteiger partial charge in [-0.05, 0) is 86.1 Å². The fourth-order valence-electron chi connectivity index (χ4n) is 5.30. The molecular weight excluding hydrogens is 568 g/mol. The molecule has 43 heavy (non-hydrogen) atoms. The van der Waals surface area contributed by atoms with Crippen molar-refractivity contribution in [1.29, 1.82) is 0 Å². The Morgan fingerprint density at radius 1 is 1.00 bits per heavy atom. The van der Waals surface area contributed by atoms with Crippen LogP contribution in [-0.2, 0) is 22.9 Å². The lowest BCUT2D eigenvalue weighted by Crippen LogP contribution is -2.51. The first-order valence-corrected chi connectivity index (χ1v) is 16.2. The highest BCUT2D eigenvalue weighted by Crippen LogP contribution is 2.27. The van der Waals surface area contributed by atoms with E-state index in [9.17, 15) is 23.4 Å². The van der Waals surface area contributed by atoms with E-state index in [1.165, 1.54) is 23.5 Å². The zero-order chi connectivity index (χ0) is 31.0. The van der Waals surface area contributed by atoms with Crippen LogP contribution in [0.15, 0.2) is 71.6 Å². The fraction of sp³-hybridized carbons (Fsp3) is 0.424. The lowest BCUT2D eigenvalue weighted by Gasteiger charge is -2.31. The second kappa shape index (κ2) is 14.7. The minimum Gasteiger partial charge on any atom is -0.508 e. The summed E-state index contributed by atoms with van der Waals surface area (Å²) < 4.78 is 40.1. The number of benzene rings is 3. The Labute approximate surface area is 254 Å². The van der Waals surface area contributed by atoms with Gasteiger partial charge in [-0.1, -0.05) is 38.1 Å². The van der Waals surface area contributed by atoms with E-state index in [4.69, 9.17) is 9.47 Å². The second-order valence-corrected chi connectivity index (χ2v) is 13.3. The summed E-state index contributed by atoms with van der Waals surface area (Å²) in [5, 5.41) is 25.2. The average molecular weight is 611 g/mol. The predicted molar refractivity (Wildman–Crippen MR) is 165 cm³/mol. The van der Waals surface area contributed by atoms with Crippen molar-refractivity contribution in [2.75, 3.05) is 26.8 Å². The van der Waals surface area contributed by atoms with Crippen LogP contribution in [0.2, 0.25) is 0 Å². The van der Waals surface area contributed by atoms with E-state index in [1.54, 1.807) is 30.3 Å². The lowest BCUT2D eigenvalue weighted by molar-refractivity contribution is 0.0773. The summed E-state index contributed by atoms with van der Waals surface area (Å²) in [6.45, 7) is 4.24. The number of hydrogen-bond acceptors (Lipinski definition) is 7. The Hall–Kier alpha value is -3.60. The van der Waals surface area contributed by atoms with Gasteiger partial charge in [0.15, 0.2) is 0 Å². The molecule has 9 nitrogen and oxygen atoms in total. The Morgan fingerprint density at radius 3 is 2.47 bits per heavy atom. The number of aliphatic hydroxyl groups is 1. The van der Waals surface area contributed by atoms with Crippen LogP contribution in [0.1, 0.15) is 54.6 Å². The Morgan fingerprint density at radius 2 is 1.74 bits per heavy atom. The number of methoxy groups -OCH3 is 1. The normalized spacial score (nSPS) is 17.3. The molecule has 0 saturated carbocycles. The number of phenols is 1. The number of nitrogens with one attached hydrogen (secondary N) is 1. The number of hydrogen-bond donors (Lipinski definition) is 3. The summed E-state index contributed by atoms with van der Waals surface area (Å²) in [5.74, 6) is 0.770. The molecule has 0 spiro atoms. The van der Waals surface area contributed by atoms with Crippen LogP contribution < -0.4 is 14.8 Å². The summed E-state index contributed by atoms with van der Waals surface area (Å²) in [6, 6.07) is 17.6. The van der Waals surface area contributed by atoms with Crippen molar-refractivity contribution in [3.8, 4) is 17.2 Å². The zero-order valence-corrected chi connectivity index (χ0v) is 25.8. The maximum Gasteiger partial charge on any atom is 0.252 e. The van der Waals surface area contributed by atoms with Crippen LogP contribution >= 0.6 is 0 Å². The number of carbonyl (C=O) groups is 1. The third-order valence-electron chi connectivity index (χ3n) is 7.57. The average Bonchev–Trinajstić information content (AvgIpc) is 2.98. The van der Waals surface area contributed by atoms with Crippen LogP contribution in [0.4, 0.5) is 0 Å². The monoisotopic (exact) mass is 610 g/mol. The van der Waals surface area contributed by atoms with Crippen molar-refractivity contribution in [3.05, 3.63) is 83.4 Å². The molecule has 3 aromatic carbocycles. The molecule has 1 aliphatic rings. The van der Waals surface area contributed by atoms with E-state index >= 15 is 0 Å². The van der Waals surface area contributed by atoms with Gasteiger partial charge in [-0.15, -0.1) is 0 Å². The van der Waals surface area contributed by atoms with Gasteiger partial charge in [0, 0.05) is 24.2 Å². The first-order chi connectivity index (χ1) is 20.6. The van der Waals surface area contributed by atoms with Gasteiger partial charge in [-0.3, -0.25) is 4.79 Å². The van der Waals surface area contributed by atoms with Gasteiger partial charge in [0.25, 0.3) is 5.91 Å². The number of phenolic OH excluding ortho intramolecular Hbond substituents is 1. The molecule has 1 heterocycles. The molecule has 0 bridgehead atoms. The molecule has 0 unspecified atom stereocenters. The molecule has 10 heteroatoms. The molecule has 3 aromatic rings. The van der Waals surface area contributed by atoms with Crippen molar-refractivity contribution in [2.24, 2.45) is 5.92 Å². The number of sulfonamides is 1. The minimum atomic E-state index is -3.98. The number of amides is 1. The number of para-hydroxylation sites is 1. The minimum absolute atomic E-state index is 0.0252. The number of aromatic hydroxyl groups is 1. The first kappa shape index (κ1) is 32.3. The van der Waals surface area contributed by atoms with E-state index in [2.05, 4.69) is 5.32 Å². The van der Waals surface area contributed by atoms with E-state index in [1.807, 2.05) is 38.1 Å². The third-order valence-corrected chi connectivity index (χ3v) is 9.42. The van der Waals surface area contributed by atoms with E-state index in [0.29, 0.717) is 35.7 Å². The van der Waals surface area contributed by atoms with Gasteiger partial charge in [0.1, 0.15) is 17.2 Å². The SMILES string of the molecule is COc1ccc(S(=O)(=O)N(CC(C)C)C[C@@H](O)[C@@H]2Cc3ccccc3OCCCCCc3c(O)cccc3C(=O)N2)cc1. The molecule has 3 N–H and O–H groups in total. The largest absolute Gasteiger partial charge is 0.508 e. The topological polar surface area (TPSA) is 125 Å². The molecule has 232 valence electrons. The summed E-state index contributed by atoms with van der Waals surface area (Å²) in [6.07, 6.45) is 1.90. The van der Waals surface area contributed by atoms with Crippen molar-refractivity contribution in [2.45, 2.75) is 63.0 Å². The molecule has 0 radical (unpaired) electrons. The highest BCUT2D eigenvalue weighted by atomic mass is 32.2. The Bertz CT molecular complexity index is 1470. The summed E-state index contributed by atoms with van der Waals surface area (Å²) in [5.41, 5.74) is 1.67. The quantitative estimate of drug-likeness (QED) is 0.342. The van der Waals surface area contributed by atoms with Gasteiger partial charge in [-0.25, -0.2) is 8.42 Å². The van der Waals surface area contributed by atoms with Crippen molar-refractivity contribution >= 4 is 15.9 Å². The number of ether oxygens (including phenoxy) is 2. The Balaban J connectivity index is 1.69. The van der Waals surface area contributed by atoms with Crippen molar-refractivity contribution < 1.29 is 32.9 Å². The van der Waals surface area contributed by atoms with E-state index in [0.717, 1.165) is 24.8 Å². The fourth-order valence-corrected chi connectivity index (χ4v) is 6.92. The highest BCUT2D eigenvalue weighted by molar-refractivity contribution is 7.89. The molecule has 0 saturated heterocycles. The van der Waals surface area contributed by atoms with Crippen LogP contribution in [0, 0.1) is 5.92 Å². The molecular formula is C33H42N2O7S. The number of fused-ring (bicyclic) bond motifs is 2. The predicted octanol–water partition coefficient (Wildman–Crippen LogP) is 4.55. The smallest absolute Gasteiger partial charge is 0.252 e. The molecule has 0 aromatic heterocycles. The van der Waals surface area contributed by atoms with Gasteiger partial charge in [-0.2, -0.15) is 4.31 Å². The van der Waals surface area contributed by atoms with Gasteiger partial charge in [0.2, 0.25) is 10.0 Å². The molecule has 0 aliphatic carbocycles. The van der Waals surface area contributed by atoms with Crippen molar-refractivity contribution in [3.63, 3.8) is 0 Å². The summed E-state index contributed by atoms with van der Waals surface area (Å²) in [4.78, 5) is 13.8. The van der Waals surface area contributed by atoms with E-state index in [-0.39, 0.29) is 36.1 Å². The number of rotatable bonds is 8. The van der Waals surface area contributed by atoms with Crippen LogP contribution in [0.3, 0.4) is 0 Å². The number of carbonyl (C=O) groups excluding carboxylic acids is 1. The molecule has 2 atom stereocenters. The maximum absolute atomic E-state index is 13.8. The molecule has 1 aliphatic heterocycles. The molecule has 0 fully saturated rings. The van der Waals surface area contributed by atoms with Crippen LogP contribution in [-0.4, -0.2) is 67.8 Å². The highest BCUT2D eigenvalue weighted by Gasteiger charge is 2.32. The van der Waals surface area contributed by atoms with E-state index < -0.39 is 28.1 Å². The first-order valence-electron chi connectivity index (χ1n) is 14.7. The van der Waals surface area contributed by atoms with Gasteiger partial charge >= 0.3 is 0 Å². The number of aliphatic hydroxyl groups excluding tert-OH is 1. The lowest BCUT2D eigenvalue weighted by atomic mass is 9.96. The van der Waals surface area contributed by atoms with Crippen molar-refractivity contribution in [1.82, 2.24) is 9.62 Å². The molecule has 4 rings (SSSR count). The maximum atomic E-state index is 13.8. The van der Waals surface area contributed by atoms with Gasteiger partial charge < -0.3 is 25.0 Å².